The average Bonchev–Trinajstić information content (AvgIpc) is 1.54. The summed E-state index contributed by atoms with van der Waals surface area (Å²) in [6, 6.07) is 0. The zero-order valence-electron chi connectivity index (χ0n) is 9.51. The van der Waals surface area contributed by atoms with Crippen LogP contribution in [-0.2, 0) is 0 Å². The van der Waals surface area contributed by atoms with E-state index >= 15 is 0 Å². The van der Waals surface area contributed by atoms with Crippen molar-refractivity contribution in [2.75, 3.05) is 0 Å². The monoisotopic (exact) mass is 210 g/mol. The van der Waals surface area contributed by atoms with Crippen LogP contribution >= 0.6 is 20.3 Å². The second-order valence-corrected chi connectivity index (χ2v) is 8.99. The summed E-state index contributed by atoms with van der Waals surface area (Å²) in [5, 5.41) is 0.525. The minimum Gasteiger partial charge on any atom is -0.147 e. The molecule has 0 bridgehead atoms. The van der Waals surface area contributed by atoms with Crippen LogP contribution in [-0.4, -0.2) is 16.5 Å². The zero-order valence-corrected chi connectivity index (χ0v) is 11.2. The minimum atomic E-state index is 0. The summed E-state index contributed by atoms with van der Waals surface area (Å²) in [7, 11) is 0.180. The van der Waals surface area contributed by atoms with Crippen LogP contribution in [0.15, 0.2) is 0 Å². The summed E-state index contributed by atoms with van der Waals surface area (Å²) < 4.78 is 0. The molecule has 76 valence electrons. The molecule has 0 aromatic heterocycles. The van der Waals surface area contributed by atoms with Crippen LogP contribution in [0.1, 0.15) is 48.5 Å². The number of halogens is 1. The van der Waals surface area contributed by atoms with E-state index in [4.69, 9.17) is 0 Å². The van der Waals surface area contributed by atoms with Crippen molar-refractivity contribution in [1.29, 1.82) is 0 Å². The first kappa shape index (κ1) is 15.2. The molecule has 0 spiro atoms. The fourth-order valence-electron chi connectivity index (χ4n) is 2.15. The molecule has 0 unspecified atom stereocenters. The van der Waals surface area contributed by atoms with E-state index in [-0.39, 0.29) is 20.3 Å². The average molecular weight is 211 g/mol. The third-order valence-corrected chi connectivity index (χ3v) is 5.66. The summed E-state index contributed by atoms with van der Waals surface area (Å²) in [4.78, 5) is 0. The topological polar surface area (TPSA) is 0 Å². The zero-order chi connectivity index (χ0) is 9.23. The van der Waals surface area contributed by atoms with Crippen molar-refractivity contribution in [1.82, 2.24) is 0 Å². The lowest BCUT2D eigenvalue weighted by atomic mass is 10.3. The lowest BCUT2D eigenvalue weighted by molar-refractivity contribution is 0.754. The van der Waals surface area contributed by atoms with Crippen molar-refractivity contribution in [3.05, 3.63) is 0 Å². The third-order valence-electron chi connectivity index (χ3n) is 1.89. The van der Waals surface area contributed by atoms with Gasteiger partial charge in [-0.1, -0.05) is 56.4 Å². The van der Waals surface area contributed by atoms with Crippen LogP contribution in [0.5, 0.6) is 0 Å². The largest absolute Gasteiger partial charge is 0.147 e. The molecule has 0 saturated carbocycles. The maximum absolute atomic E-state index is 2.37. The SMILES string of the molecule is CC(C)P(C(C)C)C(C)(C)C.Cl. The Bertz CT molecular complexity index is 105. The molecule has 0 amide bonds. The van der Waals surface area contributed by atoms with E-state index in [0.29, 0.717) is 5.16 Å². The first-order valence-electron chi connectivity index (χ1n) is 4.55. The van der Waals surface area contributed by atoms with Gasteiger partial charge in [0.25, 0.3) is 0 Å². The van der Waals surface area contributed by atoms with E-state index in [1.54, 1.807) is 0 Å². The van der Waals surface area contributed by atoms with E-state index in [2.05, 4.69) is 48.5 Å². The Morgan fingerprint density at radius 3 is 1.08 bits per heavy atom. The molecule has 0 atom stereocenters. The molecule has 0 fully saturated rings. The molecule has 0 heterocycles. The van der Waals surface area contributed by atoms with Crippen molar-refractivity contribution in [2.45, 2.75) is 64.9 Å². The summed E-state index contributed by atoms with van der Waals surface area (Å²) in [6.45, 7) is 16.6. The highest BCUT2D eigenvalue weighted by Gasteiger charge is 2.28. The van der Waals surface area contributed by atoms with Gasteiger partial charge in [-0.2, -0.15) is 0 Å². The Morgan fingerprint density at radius 1 is 0.833 bits per heavy atom. The second kappa shape index (κ2) is 5.45. The molecule has 2 heteroatoms. The highest BCUT2D eigenvalue weighted by molar-refractivity contribution is 7.60. The van der Waals surface area contributed by atoms with Gasteiger partial charge in [-0.15, -0.1) is 12.4 Å². The van der Waals surface area contributed by atoms with Crippen LogP contribution in [0.4, 0.5) is 0 Å². The molecule has 0 aromatic rings. The van der Waals surface area contributed by atoms with Crippen LogP contribution in [0, 0.1) is 0 Å². The second-order valence-electron chi connectivity index (χ2n) is 4.77. The van der Waals surface area contributed by atoms with Gasteiger partial charge in [0, 0.05) is 0 Å². The van der Waals surface area contributed by atoms with Gasteiger partial charge < -0.3 is 0 Å². The highest BCUT2D eigenvalue weighted by Crippen LogP contribution is 2.56. The standard InChI is InChI=1S/C10H23P.ClH/c1-8(2)11(9(3)4)10(5,6)7;/h8-9H,1-7H3;1H. The van der Waals surface area contributed by atoms with Gasteiger partial charge >= 0.3 is 0 Å². The maximum Gasteiger partial charge on any atom is -0.0175 e. The quantitative estimate of drug-likeness (QED) is 0.589. The Balaban J connectivity index is 0. The normalized spacial score (nSPS) is 12.5. The summed E-state index contributed by atoms with van der Waals surface area (Å²) in [6.07, 6.45) is 0. The van der Waals surface area contributed by atoms with Crippen LogP contribution in [0.2, 0.25) is 0 Å². The van der Waals surface area contributed by atoms with Crippen molar-refractivity contribution in [2.24, 2.45) is 0 Å². The van der Waals surface area contributed by atoms with E-state index < -0.39 is 0 Å². The number of hydrogen-bond acceptors (Lipinski definition) is 0. The molecule has 0 saturated heterocycles. The molecule has 12 heavy (non-hydrogen) atoms. The predicted molar refractivity (Wildman–Crippen MR) is 64.2 cm³/mol. The molecule has 0 aromatic carbocycles. The van der Waals surface area contributed by atoms with E-state index in [9.17, 15) is 0 Å². The maximum atomic E-state index is 2.37. The molecule has 0 nitrogen and oxygen atoms in total. The van der Waals surface area contributed by atoms with Gasteiger partial charge in [-0.05, 0) is 16.5 Å². The van der Waals surface area contributed by atoms with Crippen molar-refractivity contribution < 1.29 is 0 Å². The van der Waals surface area contributed by atoms with Crippen LogP contribution < -0.4 is 0 Å². The van der Waals surface area contributed by atoms with Gasteiger partial charge in [-0.3, -0.25) is 0 Å². The Morgan fingerprint density at radius 2 is 1.08 bits per heavy atom. The number of rotatable bonds is 2. The molecule has 0 aliphatic rings. The molecular weight excluding hydrogens is 187 g/mol. The molecule has 0 radical (unpaired) electrons. The minimum absolute atomic E-state index is 0. The fourth-order valence-corrected chi connectivity index (χ4v) is 6.44. The lowest BCUT2D eigenvalue weighted by Crippen LogP contribution is -2.21. The summed E-state index contributed by atoms with van der Waals surface area (Å²) in [5.74, 6) is 0. The first-order chi connectivity index (χ1) is 4.76. The van der Waals surface area contributed by atoms with Gasteiger partial charge in [0.1, 0.15) is 0 Å². The summed E-state index contributed by atoms with van der Waals surface area (Å²) in [5.41, 5.74) is 1.73. The molecule has 0 aliphatic carbocycles. The van der Waals surface area contributed by atoms with Crippen molar-refractivity contribution in [3.8, 4) is 0 Å². The first-order valence-corrected chi connectivity index (χ1v) is 6.03. The smallest absolute Gasteiger partial charge is 0.0175 e. The molecule has 0 rings (SSSR count). The molecular formula is C10H24ClP. The predicted octanol–water partition coefficient (Wildman–Crippen LogP) is 4.51. The van der Waals surface area contributed by atoms with Gasteiger partial charge in [0.2, 0.25) is 0 Å². The lowest BCUT2D eigenvalue weighted by Gasteiger charge is -2.38. The van der Waals surface area contributed by atoms with E-state index in [1.807, 2.05) is 0 Å². The third kappa shape index (κ3) is 4.67. The molecule has 0 N–H and O–H groups in total. The van der Waals surface area contributed by atoms with Gasteiger partial charge in [0.15, 0.2) is 0 Å². The van der Waals surface area contributed by atoms with E-state index in [1.165, 1.54) is 0 Å². The van der Waals surface area contributed by atoms with Crippen molar-refractivity contribution >= 4 is 20.3 Å². The Kier molecular flexibility index (Phi) is 6.91. The van der Waals surface area contributed by atoms with Crippen LogP contribution in [0.3, 0.4) is 0 Å². The highest BCUT2D eigenvalue weighted by atomic mass is 35.5. The summed E-state index contributed by atoms with van der Waals surface area (Å²) >= 11 is 0. The molecule has 0 aliphatic heterocycles. The van der Waals surface area contributed by atoms with Crippen LogP contribution in [0.25, 0.3) is 0 Å². The Hall–Kier alpha value is 0.720. The van der Waals surface area contributed by atoms with Crippen molar-refractivity contribution in [3.63, 3.8) is 0 Å². The van der Waals surface area contributed by atoms with Gasteiger partial charge in [0.05, 0.1) is 0 Å². The fraction of sp³-hybridized carbons (Fsp3) is 1.00. The van der Waals surface area contributed by atoms with E-state index in [0.717, 1.165) is 11.3 Å². The Labute approximate surface area is 85.7 Å². The number of hydrogen-bond donors (Lipinski definition) is 0. The van der Waals surface area contributed by atoms with Gasteiger partial charge in [-0.25, -0.2) is 0 Å².